The summed E-state index contributed by atoms with van der Waals surface area (Å²) in [5, 5.41) is 0. The Bertz CT molecular complexity index is 1020. The van der Waals surface area contributed by atoms with Crippen LogP contribution in [0.2, 0.25) is 0 Å². The first kappa shape index (κ1) is 64.2. The van der Waals surface area contributed by atoms with Crippen molar-refractivity contribution < 1.29 is 28.6 Å². The van der Waals surface area contributed by atoms with E-state index in [9.17, 15) is 14.4 Å². The van der Waals surface area contributed by atoms with E-state index in [1.54, 1.807) is 0 Å². The largest absolute Gasteiger partial charge is 0.462 e. The monoisotopic (exact) mass is 931 g/mol. The van der Waals surface area contributed by atoms with Crippen molar-refractivity contribution in [2.75, 3.05) is 13.2 Å². The lowest BCUT2D eigenvalue weighted by molar-refractivity contribution is -0.167. The van der Waals surface area contributed by atoms with Crippen LogP contribution in [0.5, 0.6) is 0 Å². The number of unbranched alkanes of at least 4 members (excludes halogenated alkanes) is 42. The molecule has 1 unspecified atom stereocenters. The van der Waals surface area contributed by atoms with Gasteiger partial charge >= 0.3 is 17.9 Å². The standard InChI is InChI=1S/C60H114O6/c1-4-7-10-13-16-19-22-25-28-30-33-35-38-41-44-47-50-53-59(62)65-56-57(55-64-58(61)52-49-46-43-40-37-34-31-27-24-21-18-15-12-9-6-3)66-60(63)54-51-48-45-42-39-36-32-29-26-23-20-17-14-11-8-5-2/h25,28,57H,4-24,26-27,29-56H2,1-3H3/b28-25-. The van der Waals surface area contributed by atoms with E-state index in [2.05, 4.69) is 32.9 Å². The quantitative estimate of drug-likeness (QED) is 0.0262. The van der Waals surface area contributed by atoms with Crippen molar-refractivity contribution in [2.45, 2.75) is 341 Å². The maximum absolute atomic E-state index is 12.9. The Morgan fingerprint density at radius 3 is 0.758 bits per heavy atom. The van der Waals surface area contributed by atoms with Crippen molar-refractivity contribution in [1.82, 2.24) is 0 Å². The van der Waals surface area contributed by atoms with Gasteiger partial charge in [-0.1, -0.05) is 283 Å². The normalized spacial score (nSPS) is 12.0. The van der Waals surface area contributed by atoms with E-state index in [-0.39, 0.29) is 31.1 Å². The minimum absolute atomic E-state index is 0.0650. The lowest BCUT2D eigenvalue weighted by Gasteiger charge is -2.18. The van der Waals surface area contributed by atoms with Crippen molar-refractivity contribution in [3.8, 4) is 0 Å². The van der Waals surface area contributed by atoms with Crippen molar-refractivity contribution in [2.24, 2.45) is 0 Å². The molecule has 0 aliphatic rings. The van der Waals surface area contributed by atoms with E-state index in [0.29, 0.717) is 19.3 Å². The molecule has 0 spiro atoms. The summed E-state index contributed by atoms with van der Waals surface area (Å²) in [5.41, 5.74) is 0. The molecule has 0 amide bonds. The lowest BCUT2D eigenvalue weighted by Crippen LogP contribution is -2.30. The van der Waals surface area contributed by atoms with Crippen LogP contribution in [0, 0.1) is 0 Å². The predicted molar refractivity (Wildman–Crippen MR) is 284 cm³/mol. The highest BCUT2D eigenvalue weighted by molar-refractivity contribution is 5.71. The fourth-order valence-electron chi connectivity index (χ4n) is 9.03. The second-order valence-electron chi connectivity index (χ2n) is 20.3. The van der Waals surface area contributed by atoms with E-state index < -0.39 is 6.10 Å². The number of rotatable bonds is 55. The molecule has 0 radical (unpaired) electrons. The maximum Gasteiger partial charge on any atom is 0.306 e. The summed E-state index contributed by atoms with van der Waals surface area (Å²) in [7, 11) is 0. The van der Waals surface area contributed by atoms with Crippen LogP contribution in [-0.4, -0.2) is 37.2 Å². The van der Waals surface area contributed by atoms with Crippen LogP contribution in [0.15, 0.2) is 12.2 Å². The Hall–Kier alpha value is -1.85. The molecule has 0 rings (SSSR count). The Labute approximate surface area is 411 Å². The average Bonchev–Trinajstić information content (AvgIpc) is 3.31. The van der Waals surface area contributed by atoms with Crippen molar-refractivity contribution in [3.63, 3.8) is 0 Å². The van der Waals surface area contributed by atoms with Gasteiger partial charge in [-0.05, 0) is 44.9 Å². The van der Waals surface area contributed by atoms with Gasteiger partial charge in [-0.25, -0.2) is 0 Å². The van der Waals surface area contributed by atoms with Crippen molar-refractivity contribution in [1.29, 1.82) is 0 Å². The van der Waals surface area contributed by atoms with Crippen LogP contribution in [0.4, 0.5) is 0 Å². The highest BCUT2D eigenvalue weighted by atomic mass is 16.6. The molecule has 0 aromatic rings. The van der Waals surface area contributed by atoms with Crippen molar-refractivity contribution in [3.05, 3.63) is 12.2 Å². The van der Waals surface area contributed by atoms with Crippen LogP contribution in [-0.2, 0) is 28.6 Å². The van der Waals surface area contributed by atoms with E-state index in [1.165, 1.54) is 238 Å². The summed E-state index contributed by atoms with van der Waals surface area (Å²) in [6, 6.07) is 0. The Balaban J connectivity index is 4.31. The Morgan fingerprint density at radius 1 is 0.288 bits per heavy atom. The molecule has 66 heavy (non-hydrogen) atoms. The van der Waals surface area contributed by atoms with E-state index in [1.807, 2.05) is 0 Å². The van der Waals surface area contributed by atoms with Gasteiger partial charge in [0.25, 0.3) is 0 Å². The molecule has 6 heteroatoms. The average molecular weight is 932 g/mol. The minimum Gasteiger partial charge on any atom is -0.462 e. The molecule has 0 bridgehead atoms. The molecule has 0 aromatic heterocycles. The second-order valence-corrected chi connectivity index (χ2v) is 20.3. The first-order valence-electron chi connectivity index (χ1n) is 29.7. The smallest absolute Gasteiger partial charge is 0.306 e. The molecule has 1 atom stereocenters. The van der Waals surface area contributed by atoms with Gasteiger partial charge < -0.3 is 14.2 Å². The lowest BCUT2D eigenvalue weighted by atomic mass is 10.0. The molecule has 0 N–H and O–H groups in total. The molecule has 6 nitrogen and oxygen atoms in total. The number of esters is 3. The number of hydrogen-bond acceptors (Lipinski definition) is 6. The molecule has 0 saturated carbocycles. The third-order valence-electron chi connectivity index (χ3n) is 13.5. The van der Waals surface area contributed by atoms with Crippen LogP contribution >= 0.6 is 0 Å². The number of hydrogen-bond donors (Lipinski definition) is 0. The summed E-state index contributed by atoms with van der Waals surface area (Å²) in [5.74, 6) is -0.843. The van der Waals surface area contributed by atoms with Gasteiger partial charge in [-0.3, -0.25) is 14.4 Å². The zero-order valence-corrected chi connectivity index (χ0v) is 44.7. The first-order valence-corrected chi connectivity index (χ1v) is 29.7. The third-order valence-corrected chi connectivity index (χ3v) is 13.5. The third kappa shape index (κ3) is 53.1. The van der Waals surface area contributed by atoms with Gasteiger partial charge in [0.05, 0.1) is 0 Å². The second kappa shape index (κ2) is 55.7. The zero-order chi connectivity index (χ0) is 47.9. The fraction of sp³-hybridized carbons (Fsp3) is 0.917. The van der Waals surface area contributed by atoms with Gasteiger partial charge in [0, 0.05) is 19.3 Å². The molecule has 0 fully saturated rings. The first-order chi connectivity index (χ1) is 32.5. The maximum atomic E-state index is 12.9. The Kier molecular flexibility index (Phi) is 54.2. The Morgan fingerprint density at radius 2 is 0.500 bits per heavy atom. The van der Waals surface area contributed by atoms with Crippen LogP contribution in [0.1, 0.15) is 335 Å². The minimum atomic E-state index is -0.766. The van der Waals surface area contributed by atoms with Gasteiger partial charge in [0.15, 0.2) is 6.10 Å². The van der Waals surface area contributed by atoms with Crippen LogP contribution < -0.4 is 0 Å². The zero-order valence-electron chi connectivity index (χ0n) is 44.7. The van der Waals surface area contributed by atoms with Crippen molar-refractivity contribution >= 4 is 17.9 Å². The molecule has 0 heterocycles. The number of carbonyl (C=O) groups excluding carboxylic acids is 3. The number of allylic oxidation sites excluding steroid dienone is 2. The molecular formula is C60H114O6. The number of carbonyl (C=O) groups is 3. The predicted octanol–water partition coefficient (Wildman–Crippen LogP) is 19.7. The van der Waals surface area contributed by atoms with E-state index in [0.717, 1.165) is 57.8 Å². The number of ether oxygens (including phenoxy) is 3. The molecule has 0 saturated heterocycles. The molecule has 390 valence electrons. The van der Waals surface area contributed by atoms with E-state index in [4.69, 9.17) is 14.2 Å². The summed E-state index contributed by atoms with van der Waals surface area (Å²) in [4.78, 5) is 38.2. The van der Waals surface area contributed by atoms with Gasteiger partial charge in [-0.2, -0.15) is 0 Å². The van der Waals surface area contributed by atoms with E-state index >= 15 is 0 Å². The van der Waals surface area contributed by atoms with Crippen LogP contribution in [0.25, 0.3) is 0 Å². The molecular weight excluding hydrogens is 817 g/mol. The summed E-state index contributed by atoms with van der Waals surface area (Å²) < 4.78 is 16.9. The molecule has 0 aliphatic carbocycles. The molecule has 0 aliphatic heterocycles. The SMILES string of the molecule is CCCCCCCC/C=C\CCCCCCCCCC(=O)OCC(COC(=O)CCCCCCCCCCCCCCCCC)OC(=O)CCCCCCCCCCCCCCCCCC. The van der Waals surface area contributed by atoms with Gasteiger partial charge in [-0.15, -0.1) is 0 Å². The topological polar surface area (TPSA) is 78.9 Å². The summed E-state index contributed by atoms with van der Waals surface area (Å²) in [6.45, 7) is 6.70. The highest BCUT2D eigenvalue weighted by Gasteiger charge is 2.19. The molecule has 0 aromatic carbocycles. The van der Waals surface area contributed by atoms with Crippen LogP contribution in [0.3, 0.4) is 0 Å². The highest BCUT2D eigenvalue weighted by Crippen LogP contribution is 2.17. The summed E-state index contributed by atoms with van der Waals surface area (Å²) in [6.07, 6.45) is 63.4. The fourth-order valence-corrected chi connectivity index (χ4v) is 9.03. The summed E-state index contributed by atoms with van der Waals surface area (Å²) >= 11 is 0. The van der Waals surface area contributed by atoms with Gasteiger partial charge in [0.2, 0.25) is 0 Å². The van der Waals surface area contributed by atoms with Gasteiger partial charge in [0.1, 0.15) is 13.2 Å².